The smallest absolute Gasteiger partial charge is 0.249 e. The van der Waals surface area contributed by atoms with E-state index in [0.717, 1.165) is 5.56 Å². The Morgan fingerprint density at radius 2 is 2.14 bits per heavy atom. The number of nitrogens with one attached hydrogen (secondary N) is 1. The zero-order valence-corrected chi connectivity index (χ0v) is 13.9. The van der Waals surface area contributed by atoms with Crippen LogP contribution in [0.2, 0.25) is 0 Å². The van der Waals surface area contributed by atoms with E-state index in [2.05, 4.69) is 20.4 Å². The second-order valence-electron chi connectivity index (χ2n) is 4.69. The van der Waals surface area contributed by atoms with E-state index >= 15 is 0 Å². The summed E-state index contributed by atoms with van der Waals surface area (Å²) in [6.07, 6.45) is 3.32. The Morgan fingerprint density at radius 1 is 1.41 bits per heavy atom. The third-order valence-corrected chi connectivity index (χ3v) is 2.80. The van der Waals surface area contributed by atoms with Crippen LogP contribution < -0.4 is 11.1 Å². The Balaban J connectivity index is 0.00000220. The van der Waals surface area contributed by atoms with Crippen LogP contribution in [0.5, 0.6) is 0 Å². The fourth-order valence-corrected chi connectivity index (χ4v) is 1.72. The molecule has 2 aromatic heterocycles. The molecule has 2 rings (SSSR count). The second-order valence-corrected chi connectivity index (χ2v) is 4.69. The van der Waals surface area contributed by atoms with Crippen molar-refractivity contribution in [2.24, 2.45) is 11.7 Å². The Morgan fingerprint density at radius 3 is 2.68 bits per heavy atom. The average Bonchev–Trinajstić information content (AvgIpc) is 2.94. The molecule has 7 nitrogen and oxygen atoms in total. The summed E-state index contributed by atoms with van der Waals surface area (Å²) in [5, 5.41) is 6.69. The number of pyridine rings is 1. The number of nitrogens with zero attached hydrogens (tertiary/aromatic N) is 3. The van der Waals surface area contributed by atoms with Crippen LogP contribution in [0.15, 0.2) is 29.0 Å². The molecule has 0 fully saturated rings. The van der Waals surface area contributed by atoms with Crippen molar-refractivity contribution in [3.63, 3.8) is 0 Å². The lowest BCUT2D eigenvalue weighted by Crippen LogP contribution is -2.36. The number of hydrogen-bond donors (Lipinski definition) is 2. The lowest BCUT2D eigenvalue weighted by Gasteiger charge is -2.17. The van der Waals surface area contributed by atoms with Crippen LogP contribution in [0, 0.1) is 5.92 Å². The van der Waals surface area contributed by atoms with Gasteiger partial charge in [-0.1, -0.05) is 19.0 Å². The maximum absolute atomic E-state index is 11.4. The van der Waals surface area contributed by atoms with E-state index in [1.54, 1.807) is 18.5 Å². The predicted molar refractivity (Wildman–Crippen MR) is 86.8 cm³/mol. The lowest BCUT2D eigenvalue weighted by molar-refractivity contribution is -0.121. The van der Waals surface area contributed by atoms with Gasteiger partial charge in [0.15, 0.2) is 0 Å². The van der Waals surface area contributed by atoms with Gasteiger partial charge in [-0.05, 0) is 18.1 Å². The molecular weight excluding hydrogens is 329 g/mol. The number of amides is 1. The zero-order valence-electron chi connectivity index (χ0n) is 12.2. The van der Waals surface area contributed by atoms with Crippen LogP contribution >= 0.6 is 24.8 Å². The first-order chi connectivity index (χ1) is 9.61. The highest BCUT2D eigenvalue weighted by Crippen LogP contribution is 2.22. The normalized spacial score (nSPS) is 11.3. The van der Waals surface area contributed by atoms with Crippen molar-refractivity contribution < 1.29 is 9.32 Å². The number of rotatable bonds is 5. The van der Waals surface area contributed by atoms with E-state index in [-0.39, 0.29) is 49.2 Å². The molecule has 0 saturated carbocycles. The van der Waals surface area contributed by atoms with Crippen molar-refractivity contribution in [3.05, 3.63) is 30.4 Å². The number of halogens is 2. The Bertz CT molecular complexity index is 577. The monoisotopic (exact) mass is 347 g/mol. The van der Waals surface area contributed by atoms with E-state index in [9.17, 15) is 4.79 Å². The van der Waals surface area contributed by atoms with Crippen LogP contribution in [0.4, 0.5) is 0 Å². The van der Waals surface area contributed by atoms with Gasteiger partial charge in [-0.3, -0.25) is 9.78 Å². The van der Waals surface area contributed by atoms with Crippen LogP contribution in [0.3, 0.4) is 0 Å². The summed E-state index contributed by atoms with van der Waals surface area (Å²) in [6, 6.07) is 3.27. The van der Waals surface area contributed by atoms with Gasteiger partial charge < -0.3 is 15.6 Å². The molecule has 2 aromatic rings. The van der Waals surface area contributed by atoms with Crippen molar-refractivity contribution in [2.75, 3.05) is 6.54 Å². The Kier molecular flexibility index (Phi) is 8.62. The molecular formula is C13H19Cl2N5O2. The van der Waals surface area contributed by atoms with Crippen LogP contribution in [0.25, 0.3) is 11.4 Å². The maximum Gasteiger partial charge on any atom is 0.249 e. The van der Waals surface area contributed by atoms with E-state index in [4.69, 9.17) is 10.3 Å². The molecule has 22 heavy (non-hydrogen) atoms. The molecule has 2 heterocycles. The highest BCUT2D eigenvalue weighted by Gasteiger charge is 2.24. The molecule has 0 bridgehead atoms. The van der Waals surface area contributed by atoms with E-state index in [1.807, 2.05) is 19.9 Å². The topological polar surface area (TPSA) is 107 Å². The van der Waals surface area contributed by atoms with Gasteiger partial charge in [-0.2, -0.15) is 4.98 Å². The summed E-state index contributed by atoms with van der Waals surface area (Å²) in [5.41, 5.74) is 6.07. The molecule has 0 aromatic carbocycles. The van der Waals surface area contributed by atoms with Crippen LogP contribution in [0.1, 0.15) is 25.8 Å². The molecule has 0 spiro atoms. The number of aromatic nitrogens is 3. The average molecular weight is 348 g/mol. The highest BCUT2D eigenvalue weighted by molar-refractivity contribution is 5.85. The van der Waals surface area contributed by atoms with E-state index in [1.165, 1.54) is 0 Å². The van der Waals surface area contributed by atoms with Gasteiger partial charge in [0.05, 0.1) is 6.54 Å². The summed E-state index contributed by atoms with van der Waals surface area (Å²) in [5.74, 6) is 0.652. The van der Waals surface area contributed by atoms with Crippen LogP contribution in [-0.4, -0.2) is 27.6 Å². The summed E-state index contributed by atoms with van der Waals surface area (Å²) < 4.78 is 5.24. The Hall–Kier alpha value is -1.70. The first-order valence-electron chi connectivity index (χ1n) is 6.35. The largest absolute Gasteiger partial charge is 0.343 e. The summed E-state index contributed by atoms with van der Waals surface area (Å²) in [6.45, 7) is 3.83. The van der Waals surface area contributed by atoms with Gasteiger partial charge in [0.2, 0.25) is 17.6 Å². The van der Waals surface area contributed by atoms with Crippen molar-refractivity contribution in [3.8, 4) is 11.4 Å². The fraction of sp³-hybridized carbons (Fsp3) is 0.385. The molecule has 0 aliphatic heterocycles. The second kappa shape index (κ2) is 9.34. The van der Waals surface area contributed by atoms with Gasteiger partial charge in [-0.25, -0.2) is 0 Å². The first kappa shape index (κ1) is 20.3. The summed E-state index contributed by atoms with van der Waals surface area (Å²) in [7, 11) is 0. The molecule has 0 saturated heterocycles. The van der Waals surface area contributed by atoms with Crippen LogP contribution in [-0.2, 0) is 4.79 Å². The lowest BCUT2D eigenvalue weighted by atomic mass is 10.0. The summed E-state index contributed by atoms with van der Waals surface area (Å²) >= 11 is 0. The minimum atomic E-state index is -0.357. The number of hydrogen-bond acceptors (Lipinski definition) is 6. The van der Waals surface area contributed by atoms with Gasteiger partial charge in [0.1, 0.15) is 6.04 Å². The van der Waals surface area contributed by atoms with E-state index < -0.39 is 0 Å². The molecule has 9 heteroatoms. The third kappa shape index (κ3) is 4.94. The fourth-order valence-electron chi connectivity index (χ4n) is 1.72. The molecule has 1 unspecified atom stereocenters. The van der Waals surface area contributed by atoms with Crippen molar-refractivity contribution in [2.45, 2.75) is 19.9 Å². The van der Waals surface area contributed by atoms with Gasteiger partial charge >= 0.3 is 0 Å². The minimum Gasteiger partial charge on any atom is -0.343 e. The van der Waals surface area contributed by atoms with Gasteiger partial charge in [0.25, 0.3) is 0 Å². The first-order valence-corrected chi connectivity index (χ1v) is 6.35. The van der Waals surface area contributed by atoms with Crippen molar-refractivity contribution in [1.82, 2.24) is 20.4 Å². The quantitative estimate of drug-likeness (QED) is 0.852. The highest BCUT2D eigenvalue weighted by atomic mass is 35.5. The van der Waals surface area contributed by atoms with Gasteiger partial charge in [-0.15, -0.1) is 24.8 Å². The van der Waals surface area contributed by atoms with Gasteiger partial charge in [0, 0.05) is 18.0 Å². The molecule has 3 N–H and O–H groups in total. The number of carbonyl (C=O) groups is 1. The van der Waals surface area contributed by atoms with E-state index in [0.29, 0.717) is 11.7 Å². The molecule has 1 amide bonds. The minimum absolute atomic E-state index is 0. The standard InChI is InChI=1S/C13H17N5O2.2ClH/c1-8(2)11(16-10(19)6-14)13-17-12(18-20-13)9-4-3-5-15-7-9;;/h3-5,7-8,11H,6,14H2,1-2H3,(H,16,19);2*1H. The molecule has 0 aliphatic rings. The maximum atomic E-state index is 11.4. The molecule has 0 aliphatic carbocycles. The number of nitrogens with two attached hydrogens (primary N) is 1. The Labute approximate surface area is 140 Å². The predicted octanol–water partition coefficient (Wildman–Crippen LogP) is 1.75. The molecule has 122 valence electrons. The van der Waals surface area contributed by atoms with Crippen molar-refractivity contribution in [1.29, 1.82) is 0 Å². The molecule has 0 radical (unpaired) electrons. The third-order valence-electron chi connectivity index (χ3n) is 2.80. The number of carbonyl (C=O) groups excluding carboxylic acids is 1. The molecule has 1 atom stereocenters. The SMILES string of the molecule is CC(C)C(NC(=O)CN)c1nc(-c2cccnc2)no1.Cl.Cl. The zero-order chi connectivity index (χ0) is 14.5. The summed E-state index contributed by atoms with van der Waals surface area (Å²) in [4.78, 5) is 19.8. The van der Waals surface area contributed by atoms with Crippen molar-refractivity contribution >= 4 is 30.7 Å².